The van der Waals surface area contributed by atoms with Gasteiger partial charge in [0.1, 0.15) is 0 Å². The average molecular weight is 668 g/mol. The first-order chi connectivity index (χ1) is 21.1. The average Bonchev–Trinajstić information content (AvgIpc) is 3.58. The van der Waals surface area contributed by atoms with Crippen molar-refractivity contribution in [1.29, 1.82) is 0 Å². The van der Waals surface area contributed by atoms with Crippen LogP contribution in [0.1, 0.15) is 62.9 Å². The maximum absolute atomic E-state index is 13.1. The fourth-order valence-electron chi connectivity index (χ4n) is 6.56. The molecule has 2 aromatic carbocycles. The molecule has 236 valence electrons. The Labute approximate surface area is 262 Å². The number of phenols is 2. The molecular weight excluding hydrogens is 625 g/mol. The summed E-state index contributed by atoms with van der Waals surface area (Å²) in [5.41, 5.74) is 4.83. The van der Waals surface area contributed by atoms with Crippen LogP contribution in [0.15, 0.2) is 47.0 Å². The van der Waals surface area contributed by atoms with Crippen molar-refractivity contribution in [3.05, 3.63) is 48.2 Å². The molecule has 2 aliphatic heterocycles. The van der Waals surface area contributed by atoms with E-state index in [9.17, 15) is 15.0 Å². The number of carbonyl (C=O) groups excluding carboxylic acids is 1. The largest absolute Gasteiger partial charge is 0.344 e. The maximum atomic E-state index is 13.1. The topological polar surface area (TPSA) is 127 Å². The molecule has 3 N–H and O–H groups in total. The van der Waals surface area contributed by atoms with Gasteiger partial charge in [-0.3, -0.25) is 0 Å². The molecule has 11 heteroatoms. The number of amides is 1. The second-order valence-electron chi connectivity index (χ2n) is 12.5. The second-order valence-corrected chi connectivity index (χ2v) is 17.3. The molecule has 1 amide bonds. The van der Waals surface area contributed by atoms with Gasteiger partial charge in [-0.25, -0.2) is 0 Å². The summed E-state index contributed by atoms with van der Waals surface area (Å²) in [4.78, 5) is 15.7. The van der Waals surface area contributed by atoms with E-state index in [0.717, 1.165) is 51.6 Å². The summed E-state index contributed by atoms with van der Waals surface area (Å²) in [5.74, 6) is -0.222. The summed E-state index contributed by atoms with van der Waals surface area (Å²) in [7, 11) is 0. The molecule has 1 saturated carbocycles. The minimum absolute atomic E-state index is 0.0371. The standard InChI is InChI=1S/C33H42AsN3O7/c1-20-21(2)43-33(42-20)13-9-24(10-14-33)37-15-11-23(12-16-37)35-32(40)27-19-30(44-36-27)31-28(39)17-25(38)18-29(31)41-26-7-5-22(6-8-26)34(3)4/h5-8,17-21,23-24,38-39H,9-16H2,1-4H3,(H,35,40)/t20-,21+,24?,33?. The van der Waals surface area contributed by atoms with Crippen molar-refractivity contribution in [3.8, 4) is 34.3 Å². The molecule has 0 radical (unpaired) electrons. The van der Waals surface area contributed by atoms with E-state index in [2.05, 4.69) is 40.6 Å². The number of nitrogens with one attached hydrogen (secondary N) is 1. The van der Waals surface area contributed by atoms with Gasteiger partial charge in [0.2, 0.25) is 0 Å². The van der Waals surface area contributed by atoms with Crippen molar-refractivity contribution in [2.45, 2.75) is 93.9 Å². The predicted octanol–water partition coefficient (Wildman–Crippen LogP) is 5.16. The van der Waals surface area contributed by atoms with E-state index in [-0.39, 0.29) is 58.4 Å². The first-order valence-corrected chi connectivity index (χ1v) is 20.2. The number of aromatic nitrogens is 1. The van der Waals surface area contributed by atoms with E-state index in [1.165, 1.54) is 22.6 Å². The third kappa shape index (κ3) is 6.64. The Hall–Kier alpha value is -3.04. The zero-order valence-electron chi connectivity index (χ0n) is 25.8. The molecule has 2 saturated heterocycles. The number of likely N-dealkylation sites (tertiary alicyclic amines) is 1. The number of hydrogen-bond acceptors (Lipinski definition) is 9. The molecule has 3 fully saturated rings. The minimum Gasteiger partial charge on any atom is -0.344 e. The Bertz CT molecular complexity index is 1450. The van der Waals surface area contributed by atoms with Gasteiger partial charge in [-0.05, 0) is 39.5 Å². The van der Waals surface area contributed by atoms with Crippen molar-refractivity contribution in [3.63, 3.8) is 0 Å². The number of rotatable bonds is 7. The number of piperidine rings is 1. The maximum Gasteiger partial charge on any atom is 0.0841 e. The van der Waals surface area contributed by atoms with Crippen molar-refractivity contribution < 1.29 is 33.7 Å². The summed E-state index contributed by atoms with van der Waals surface area (Å²) >= 11 is -1.02. The summed E-state index contributed by atoms with van der Waals surface area (Å²) in [6, 6.07) is 12.4. The third-order valence-corrected chi connectivity index (χ3v) is 12.0. The summed E-state index contributed by atoms with van der Waals surface area (Å²) in [6.45, 7) is 6.01. The SMILES string of the molecule is C[C@@H]1OC2(CCC(N3CCC(NC(=O)c4cc(-c5c(O)cc(O)cc5Oc5ccc([As](C)C)cc5)on4)CC3)CC2)O[C@@H]1C. The van der Waals surface area contributed by atoms with Crippen LogP contribution in [-0.2, 0) is 9.47 Å². The number of nitrogens with zero attached hydrogens (tertiary/aromatic N) is 2. The van der Waals surface area contributed by atoms with Crippen LogP contribution in [0.25, 0.3) is 11.3 Å². The first-order valence-electron chi connectivity index (χ1n) is 15.5. The quantitative estimate of drug-likeness (QED) is 0.293. The van der Waals surface area contributed by atoms with Gasteiger partial charge < -0.3 is 14.4 Å². The molecule has 2 atom stereocenters. The van der Waals surface area contributed by atoms with E-state index < -0.39 is 20.4 Å². The summed E-state index contributed by atoms with van der Waals surface area (Å²) in [6.07, 6.45) is 5.95. The Balaban J connectivity index is 1.05. The third-order valence-electron chi connectivity index (χ3n) is 9.20. The normalized spacial score (nSPS) is 26.3. The van der Waals surface area contributed by atoms with Gasteiger partial charge in [0.25, 0.3) is 0 Å². The van der Waals surface area contributed by atoms with Crippen LogP contribution in [0.5, 0.6) is 23.0 Å². The van der Waals surface area contributed by atoms with Crippen LogP contribution < -0.4 is 14.4 Å². The molecule has 1 spiro atoms. The van der Waals surface area contributed by atoms with Crippen LogP contribution in [0, 0.1) is 0 Å². The summed E-state index contributed by atoms with van der Waals surface area (Å²) < 4.78 is 25.2. The van der Waals surface area contributed by atoms with Crippen LogP contribution in [-0.4, -0.2) is 84.0 Å². The van der Waals surface area contributed by atoms with Crippen molar-refractivity contribution in [1.82, 2.24) is 15.4 Å². The molecule has 10 nitrogen and oxygen atoms in total. The predicted molar refractivity (Wildman–Crippen MR) is 167 cm³/mol. The van der Waals surface area contributed by atoms with Crippen molar-refractivity contribution in [2.75, 3.05) is 13.1 Å². The van der Waals surface area contributed by atoms with Crippen LogP contribution in [0.2, 0.25) is 11.4 Å². The zero-order valence-corrected chi connectivity index (χ0v) is 27.7. The number of phenolic OH excluding ortho intramolecular Hbond substituents is 2. The Morgan fingerprint density at radius 2 is 1.66 bits per heavy atom. The number of aromatic hydroxyl groups is 2. The minimum atomic E-state index is -1.02. The zero-order chi connectivity index (χ0) is 31.0. The number of ether oxygens (including phenoxy) is 3. The van der Waals surface area contributed by atoms with E-state index in [0.29, 0.717) is 11.8 Å². The van der Waals surface area contributed by atoms with Gasteiger partial charge in [-0.1, -0.05) is 0 Å². The molecule has 3 aliphatic rings. The molecule has 3 aromatic rings. The molecule has 1 aliphatic carbocycles. The first kappa shape index (κ1) is 31.0. The number of carbonyl (C=O) groups is 1. The fraction of sp³-hybridized carbons (Fsp3) is 0.515. The van der Waals surface area contributed by atoms with Crippen LogP contribution in [0.4, 0.5) is 0 Å². The van der Waals surface area contributed by atoms with Crippen LogP contribution in [0.3, 0.4) is 0 Å². The molecular formula is C33H42AsN3O7. The molecule has 6 rings (SSSR count). The molecule has 1 aromatic heterocycles. The van der Waals surface area contributed by atoms with Crippen molar-refractivity contribution in [2.24, 2.45) is 0 Å². The Morgan fingerprint density at radius 1 is 1.00 bits per heavy atom. The molecule has 0 bridgehead atoms. The fourth-order valence-corrected chi connectivity index (χ4v) is 8.13. The smallest absolute Gasteiger partial charge is 0.0841 e. The second kappa shape index (κ2) is 12.8. The van der Waals surface area contributed by atoms with Gasteiger partial charge in [0, 0.05) is 38.0 Å². The van der Waals surface area contributed by atoms with Crippen LogP contribution >= 0.6 is 0 Å². The van der Waals surface area contributed by atoms with Gasteiger partial charge in [-0.2, -0.15) is 0 Å². The van der Waals surface area contributed by atoms with Gasteiger partial charge in [0.05, 0.1) is 12.2 Å². The number of benzene rings is 2. The van der Waals surface area contributed by atoms with Gasteiger partial charge in [0.15, 0.2) is 5.79 Å². The van der Waals surface area contributed by atoms with Crippen molar-refractivity contribution >= 4 is 24.9 Å². The van der Waals surface area contributed by atoms with E-state index in [1.807, 2.05) is 24.3 Å². The molecule has 44 heavy (non-hydrogen) atoms. The van der Waals surface area contributed by atoms with Gasteiger partial charge in [-0.15, -0.1) is 0 Å². The Morgan fingerprint density at radius 3 is 2.30 bits per heavy atom. The summed E-state index contributed by atoms with van der Waals surface area (Å²) in [5, 5.41) is 27.9. The van der Waals surface area contributed by atoms with E-state index in [1.54, 1.807) is 0 Å². The monoisotopic (exact) mass is 667 g/mol. The molecule has 3 heterocycles. The van der Waals surface area contributed by atoms with Gasteiger partial charge >= 0.3 is 154 Å². The number of hydrogen-bond donors (Lipinski definition) is 3. The van der Waals surface area contributed by atoms with E-state index >= 15 is 0 Å². The Kier molecular flexibility index (Phi) is 8.97. The van der Waals surface area contributed by atoms with E-state index in [4.69, 9.17) is 18.7 Å². The molecule has 0 unspecified atom stereocenters.